The summed E-state index contributed by atoms with van der Waals surface area (Å²) in [5, 5.41) is 3.50. The molecule has 1 N–H and O–H groups in total. The van der Waals surface area contributed by atoms with E-state index < -0.39 is 0 Å². The van der Waals surface area contributed by atoms with E-state index in [4.69, 9.17) is 6.42 Å². The van der Waals surface area contributed by atoms with Crippen molar-refractivity contribution in [1.29, 1.82) is 0 Å². The lowest BCUT2D eigenvalue weighted by molar-refractivity contribution is 0.278. The summed E-state index contributed by atoms with van der Waals surface area (Å²) in [6.07, 6.45) is 6.61. The lowest BCUT2D eigenvalue weighted by Gasteiger charge is -2.31. The van der Waals surface area contributed by atoms with Gasteiger partial charge in [-0.3, -0.25) is 4.90 Å². The van der Waals surface area contributed by atoms with Gasteiger partial charge in [-0.2, -0.15) is 0 Å². The Bertz CT molecular complexity index is 419. The van der Waals surface area contributed by atoms with E-state index in [1.807, 2.05) is 0 Å². The molecule has 96 valence electrons. The molecule has 1 unspecified atom stereocenters. The van der Waals surface area contributed by atoms with Crippen molar-refractivity contribution in [2.24, 2.45) is 0 Å². The van der Waals surface area contributed by atoms with Crippen LogP contribution >= 0.6 is 0 Å². The highest BCUT2D eigenvalue weighted by molar-refractivity contribution is 5.33. The van der Waals surface area contributed by atoms with Gasteiger partial charge < -0.3 is 5.32 Å². The number of hydrogen-bond donors (Lipinski definition) is 1. The van der Waals surface area contributed by atoms with E-state index in [0.717, 1.165) is 39.1 Å². The van der Waals surface area contributed by atoms with E-state index in [2.05, 4.69) is 47.3 Å². The predicted octanol–water partition coefficient (Wildman–Crippen LogP) is 2.22. The fourth-order valence-corrected chi connectivity index (χ4v) is 2.74. The van der Waals surface area contributed by atoms with E-state index in [9.17, 15) is 0 Å². The Hall–Kier alpha value is -1.30. The molecule has 0 fully saturated rings. The summed E-state index contributed by atoms with van der Waals surface area (Å²) in [5.74, 6) is 3.34. The number of terminal acetylenes is 1. The maximum absolute atomic E-state index is 5.45. The van der Waals surface area contributed by atoms with Crippen LogP contribution < -0.4 is 5.32 Å². The molecule has 1 aromatic rings. The van der Waals surface area contributed by atoms with Gasteiger partial charge in [0.15, 0.2) is 0 Å². The molecular weight excluding hydrogens is 220 g/mol. The highest BCUT2D eigenvalue weighted by Gasteiger charge is 2.21. The van der Waals surface area contributed by atoms with Crippen LogP contribution in [0.25, 0.3) is 0 Å². The van der Waals surface area contributed by atoms with Gasteiger partial charge in [-0.1, -0.05) is 37.1 Å². The van der Waals surface area contributed by atoms with E-state index >= 15 is 0 Å². The minimum absolute atomic E-state index is 0.565. The van der Waals surface area contributed by atoms with Gasteiger partial charge in [0.1, 0.15) is 0 Å². The molecule has 1 heterocycles. The van der Waals surface area contributed by atoms with Gasteiger partial charge >= 0.3 is 0 Å². The molecule has 0 amide bonds. The summed E-state index contributed by atoms with van der Waals surface area (Å²) >= 11 is 0. The Kier molecular flexibility index (Phi) is 4.81. The summed E-state index contributed by atoms with van der Waals surface area (Å²) in [7, 11) is 0. The van der Waals surface area contributed by atoms with Gasteiger partial charge in [0.25, 0.3) is 0 Å². The van der Waals surface area contributed by atoms with Gasteiger partial charge in [0, 0.05) is 25.6 Å². The molecule has 1 aliphatic rings. The highest BCUT2D eigenvalue weighted by atomic mass is 15.1. The van der Waals surface area contributed by atoms with Gasteiger partial charge in [0.2, 0.25) is 0 Å². The number of rotatable bonds is 5. The average Bonchev–Trinajstić information content (AvgIpc) is 2.40. The van der Waals surface area contributed by atoms with Crippen LogP contribution in [-0.4, -0.2) is 31.1 Å². The van der Waals surface area contributed by atoms with Crippen LogP contribution in [0.2, 0.25) is 0 Å². The molecule has 0 aliphatic carbocycles. The van der Waals surface area contributed by atoms with Crippen LogP contribution in [-0.2, 0) is 6.54 Å². The number of fused-ring (bicyclic) bond motifs is 1. The first-order valence-corrected chi connectivity index (χ1v) is 6.79. The maximum atomic E-state index is 5.45. The normalized spacial score (nSPS) is 18.4. The van der Waals surface area contributed by atoms with Crippen molar-refractivity contribution >= 4 is 0 Å². The molecule has 0 bridgehead atoms. The smallest absolute Gasteiger partial charge is 0.0599 e. The molecule has 0 spiro atoms. The summed E-state index contributed by atoms with van der Waals surface area (Å²) in [4.78, 5) is 2.38. The summed E-state index contributed by atoms with van der Waals surface area (Å²) < 4.78 is 0. The van der Waals surface area contributed by atoms with Gasteiger partial charge in [0.05, 0.1) is 6.54 Å². The molecule has 1 aromatic carbocycles. The lowest BCUT2D eigenvalue weighted by atomic mass is 9.90. The first-order chi connectivity index (χ1) is 8.85. The fraction of sp³-hybridized carbons (Fsp3) is 0.500. The van der Waals surface area contributed by atoms with Crippen molar-refractivity contribution in [2.75, 3.05) is 26.2 Å². The Labute approximate surface area is 110 Å². The molecule has 0 saturated heterocycles. The molecule has 1 aliphatic heterocycles. The Morgan fingerprint density at radius 3 is 3.06 bits per heavy atom. The molecule has 2 nitrogen and oxygen atoms in total. The van der Waals surface area contributed by atoms with Crippen molar-refractivity contribution < 1.29 is 0 Å². The zero-order chi connectivity index (χ0) is 12.8. The fourth-order valence-electron chi connectivity index (χ4n) is 2.74. The van der Waals surface area contributed by atoms with E-state index in [0.29, 0.717) is 5.92 Å². The molecule has 0 aromatic heterocycles. The first kappa shape index (κ1) is 13.1. The van der Waals surface area contributed by atoms with Crippen LogP contribution in [0.4, 0.5) is 0 Å². The Balaban J connectivity index is 2.08. The third-order valence-corrected chi connectivity index (χ3v) is 3.53. The second-order valence-corrected chi connectivity index (χ2v) is 4.97. The van der Waals surface area contributed by atoms with Crippen LogP contribution in [0, 0.1) is 12.3 Å². The van der Waals surface area contributed by atoms with Crippen LogP contribution in [0.3, 0.4) is 0 Å². The SMILES string of the molecule is C#CCN(CCC)CC1CNCc2ccccc21. The number of nitrogens with zero attached hydrogens (tertiary/aromatic N) is 1. The van der Waals surface area contributed by atoms with Crippen LogP contribution in [0.15, 0.2) is 24.3 Å². The summed E-state index contributed by atoms with van der Waals surface area (Å²) in [6, 6.07) is 8.75. The Morgan fingerprint density at radius 1 is 1.44 bits per heavy atom. The molecule has 0 radical (unpaired) electrons. The standard InChI is InChI=1S/C16H22N2/c1-3-9-18(10-4-2)13-15-12-17-11-14-7-5-6-8-16(14)15/h1,5-8,15,17H,4,9-13H2,2H3. The molecule has 2 heteroatoms. The van der Waals surface area contributed by atoms with Gasteiger partial charge in [-0.25, -0.2) is 0 Å². The number of hydrogen-bond acceptors (Lipinski definition) is 2. The van der Waals surface area contributed by atoms with E-state index in [-0.39, 0.29) is 0 Å². The molecule has 18 heavy (non-hydrogen) atoms. The van der Waals surface area contributed by atoms with Crippen molar-refractivity contribution in [3.8, 4) is 12.3 Å². The van der Waals surface area contributed by atoms with Crippen molar-refractivity contribution in [3.05, 3.63) is 35.4 Å². The minimum atomic E-state index is 0.565. The first-order valence-electron chi connectivity index (χ1n) is 6.79. The zero-order valence-electron chi connectivity index (χ0n) is 11.2. The van der Waals surface area contributed by atoms with E-state index in [1.165, 1.54) is 11.1 Å². The third-order valence-electron chi connectivity index (χ3n) is 3.53. The van der Waals surface area contributed by atoms with Gasteiger partial charge in [-0.05, 0) is 24.1 Å². The van der Waals surface area contributed by atoms with Crippen LogP contribution in [0.5, 0.6) is 0 Å². The summed E-state index contributed by atoms with van der Waals surface area (Å²) in [5.41, 5.74) is 2.93. The summed E-state index contributed by atoms with van der Waals surface area (Å²) in [6.45, 7) is 7.16. The zero-order valence-corrected chi connectivity index (χ0v) is 11.2. The van der Waals surface area contributed by atoms with Gasteiger partial charge in [-0.15, -0.1) is 6.42 Å². The molecule has 2 rings (SSSR count). The van der Waals surface area contributed by atoms with Crippen molar-refractivity contribution in [3.63, 3.8) is 0 Å². The van der Waals surface area contributed by atoms with E-state index in [1.54, 1.807) is 0 Å². The number of benzene rings is 1. The second-order valence-electron chi connectivity index (χ2n) is 4.97. The maximum Gasteiger partial charge on any atom is 0.0599 e. The third kappa shape index (κ3) is 3.13. The highest BCUT2D eigenvalue weighted by Crippen LogP contribution is 2.24. The molecule has 0 saturated carbocycles. The molecular formula is C16H22N2. The quantitative estimate of drug-likeness (QED) is 0.797. The molecule has 1 atom stereocenters. The largest absolute Gasteiger partial charge is 0.312 e. The van der Waals surface area contributed by atoms with Crippen molar-refractivity contribution in [1.82, 2.24) is 10.2 Å². The predicted molar refractivity (Wildman–Crippen MR) is 76.5 cm³/mol. The lowest BCUT2D eigenvalue weighted by Crippen LogP contribution is -2.37. The second kappa shape index (κ2) is 6.58. The monoisotopic (exact) mass is 242 g/mol. The topological polar surface area (TPSA) is 15.3 Å². The van der Waals surface area contributed by atoms with Crippen molar-refractivity contribution in [2.45, 2.75) is 25.8 Å². The Morgan fingerprint density at radius 2 is 2.28 bits per heavy atom. The minimum Gasteiger partial charge on any atom is -0.312 e. The average molecular weight is 242 g/mol. The number of nitrogens with one attached hydrogen (secondary N) is 1. The van der Waals surface area contributed by atoms with Crippen LogP contribution in [0.1, 0.15) is 30.4 Å².